The number of carbonyl (C=O) groups is 1. The Labute approximate surface area is 198 Å². The molecule has 3 heterocycles. The number of aromatic nitrogens is 5. The van der Waals surface area contributed by atoms with E-state index in [2.05, 4.69) is 15.1 Å². The van der Waals surface area contributed by atoms with E-state index in [9.17, 15) is 4.79 Å². The number of hydrogen-bond donors (Lipinski definition) is 0. The van der Waals surface area contributed by atoms with Crippen LogP contribution in [-0.2, 0) is 6.54 Å². The summed E-state index contributed by atoms with van der Waals surface area (Å²) < 4.78 is 7.08. The molecule has 0 bridgehead atoms. The predicted octanol–water partition coefficient (Wildman–Crippen LogP) is 4.27. The van der Waals surface area contributed by atoms with Crippen LogP contribution < -0.4 is 4.74 Å². The van der Waals surface area contributed by atoms with Gasteiger partial charge in [-0.05, 0) is 55.7 Å². The molecule has 4 aromatic rings. The van der Waals surface area contributed by atoms with Crippen LogP contribution in [0.15, 0.2) is 67.3 Å². The van der Waals surface area contributed by atoms with Crippen LogP contribution in [0.2, 0.25) is 0 Å². The second-order valence-electron chi connectivity index (χ2n) is 8.28. The third-order valence-corrected chi connectivity index (χ3v) is 5.99. The van der Waals surface area contributed by atoms with E-state index in [-0.39, 0.29) is 11.8 Å². The van der Waals surface area contributed by atoms with Gasteiger partial charge in [-0.15, -0.1) is 0 Å². The zero-order valence-electron chi connectivity index (χ0n) is 19.3. The molecular formula is C26H26N6O2. The predicted molar refractivity (Wildman–Crippen MR) is 128 cm³/mol. The van der Waals surface area contributed by atoms with Gasteiger partial charge in [-0.2, -0.15) is 5.10 Å². The molecule has 8 nitrogen and oxygen atoms in total. The molecule has 1 saturated carbocycles. The van der Waals surface area contributed by atoms with E-state index in [1.165, 1.54) is 0 Å². The molecule has 1 aromatic carbocycles. The van der Waals surface area contributed by atoms with Gasteiger partial charge >= 0.3 is 0 Å². The van der Waals surface area contributed by atoms with Gasteiger partial charge in [0, 0.05) is 43.2 Å². The summed E-state index contributed by atoms with van der Waals surface area (Å²) in [7, 11) is 1.64. The van der Waals surface area contributed by atoms with Gasteiger partial charge in [0.25, 0.3) is 11.9 Å². The minimum absolute atomic E-state index is 0.0311. The summed E-state index contributed by atoms with van der Waals surface area (Å²) in [5.41, 5.74) is 4.24. The molecule has 172 valence electrons. The highest BCUT2D eigenvalue weighted by Crippen LogP contribution is 2.42. The molecule has 3 aromatic heterocycles. The van der Waals surface area contributed by atoms with E-state index in [1.54, 1.807) is 36.6 Å². The van der Waals surface area contributed by atoms with Gasteiger partial charge in [-0.3, -0.25) is 9.78 Å². The van der Waals surface area contributed by atoms with E-state index in [0.29, 0.717) is 24.6 Å². The summed E-state index contributed by atoms with van der Waals surface area (Å²) in [5.74, 6) is 1.47. The molecule has 1 amide bonds. The molecule has 5 rings (SSSR count). The topological polar surface area (TPSA) is 86.0 Å². The van der Waals surface area contributed by atoms with Crippen LogP contribution in [0.1, 0.15) is 47.3 Å². The standard InChI is InChI=1S/C26H26N6O2/c1-3-31(17-18-9-12-27-13-10-18)25(33)22-16-29-32(24(22)19-7-8-19)26-28-14-11-23(30-26)20-5-4-6-21(15-20)34-2/h4-6,9-16,19H,3,7-8,17H2,1-2H3. The van der Waals surface area contributed by atoms with Gasteiger partial charge < -0.3 is 9.64 Å². The third kappa shape index (κ3) is 4.39. The fourth-order valence-electron chi connectivity index (χ4n) is 4.03. The van der Waals surface area contributed by atoms with E-state index in [1.807, 2.05) is 54.3 Å². The fourth-order valence-corrected chi connectivity index (χ4v) is 4.03. The highest BCUT2D eigenvalue weighted by molar-refractivity contribution is 5.95. The van der Waals surface area contributed by atoms with Crippen molar-refractivity contribution in [2.24, 2.45) is 0 Å². The van der Waals surface area contributed by atoms with E-state index in [0.717, 1.165) is 41.1 Å². The number of nitrogens with zero attached hydrogens (tertiary/aromatic N) is 6. The second kappa shape index (κ2) is 9.43. The van der Waals surface area contributed by atoms with Crippen molar-refractivity contribution in [1.29, 1.82) is 0 Å². The maximum absolute atomic E-state index is 13.5. The van der Waals surface area contributed by atoms with Crippen molar-refractivity contribution < 1.29 is 9.53 Å². The number of amides is 1. The molecule has 0 atom stereocenters. The average Bonchev–Trinajstić information content (AvgIpc) is 3.65. The number of pyridine rings is 1. The van der Waals surface area contributed by atoms with Gasteiger partial charge in [0.2, 0.25) is 0 Å². The molecule has 8 heteroatoms. The first-order valence-electron chi connectivity index (χ1n) is 11.4. The monoisotopic (exact) mass is 454 g/mol. The number of benzene rings is 1. The highest BCUT2D eigenvalue weighted by atomic mass is 16.5. The Hall–Kier alpha value is -4.07. The Bertz CT molecular complexity index is 1300. The molecule has 34 heavy (non-hydrogen) atoms. The van der Waals surface area contributed by atoms with Gasteiger partial charge in [0.1, 0.15) is 5.75 Å². The van der Waals surface area contributed by atoms with Crippen LogP contribution in [0.5, 0.6) is 5.75 Å². The lowest BCUT2D eigenvalue weighted by Gasteiger charge is -2.21. The largest absolute Gasteiger partial charge is 0.497 e. The van der Waals surface area contributed by atoms with Gasteiger partial charge in [-0.25, -0.2) is 14.6 Å². The zero-order chi connectivity index (χ0) is 23.5. The molecule has 0 aliphatic heterocycles. The van der Waals surface area contributed by atoms with Crippen LogP contribution in [0, 0.1) is 0 Å². The molecule has 0 unspecified atom stereocenters. The van der Waals surface area contributed by atoms with Crippen molar-refractivity contribution in [3.63, 3.8) is 0 Å². The molecule has 0 saturated heterocycles. The quantitative estimate of drug-likeness (QED) is 0.395. The van der Waals surface area contributed by atoms with E-state index in [4.69, 9.17) is 9.72 Å². The van der Waals surface area contributed by atoms with Crippen molar-refractivity contribution in [3.8, 4) is 23.0 Å². The van der Waals surface area contributed by atoms with Gasteiger partial charge in [0.05, 0.1) is 30.3 Å². The molecule has 0 N–H and O–H groups in total. The third-order valence-electron chi connectivity index (χ3n) is 5.99. The van der Waals surface area contributed by atoms with Gasteiger partial charge in [-0.1, -0.05) is 12.1 Å². The molecule has 0 radical (unpaired) electrons. The molecule has 1 fully saturated rings. The number of hydrogen-bond acceptors (Lipinski definition) is 6. The Morgan fingerprint density at radius 2 is 1.97 bits per heavy atom. The lowest BCUT2D eigenvalue weighted by atomic mass is 10.1. The molecule has 0 spiro atoms. The van der Waals surface area contributed by atoms with Crippen molar-refractivity contribution in [2.45, 2.75) is 32.2 Å². The first-order valence-corrected chi connectivity index (χ1v) is 11.4. The van der Waals surface area contributed by atoms with Crippen molar-refractivity contribution in [2.75, 3.05) is 13.7 Å². The number of carbonyl (C=O) groups excluding carboxylic acids is 1. The maximum atomic E-state index is 13.5. The van der Waals surface area contributed by atoms with Crippen molar-refractivity contribution >= 4 is 5.91 Å². The minimum Gasteiger partial charge on any atom is -0.497 e. The lowest BCUT2D eigenvalue weighted by molar-refractivity contribution is 0.0751. The van der Waals surface area contributed by atoms with E-state index >= 15 is 0 Å². The first kappa shape index (κ1) is 21.8. The minimum atomic E-state index is -0.0311. The van der Waals surface area contributed by atoms with E-state index < -0.39 is 0 Å². The van der Waals surface area contributed by atoms with Crippen molar-refractivity contribution in [3.05, 3.63) is 84.1 Å². The van der Waals surface area contributed by atoms with Crippen molar-refractivity contribution in [1.82, 2.24) is 29.6 Å². The number of rotatable bonds is 8. The van der Waals surface area contributed by atoms with Crippen LogP contribution in [0.25, 0.3) is 17.2 Å². The van der Waals surface area contributed by atoms with Crippen LogP contribution in [0.3, 0.4) is 0 Å². The summed E-state index contributed by atoms with van der Waals surface area (Å²) in [5, 5.41) is 4.57. The van der Waals surface area contributed by atoms with Crippen LogP contribution >= 0.6 is 0 Å². The van der Waals surface area contributed by atoms with Gasteiger partial charge in [0.15, 0.2) is 0 Å². The second-order valence-corrected chi connectivity index (χ2v) is 8.28. The summed E-state index contributed by atoms with van der Waals surface area (Å²) in [6.07, 6.45) is 8.92. The number of ether oxygens (including phenoxy) is 1. The highest BCUT2D eigenvalue weighted by Gasteiger charge is 2.34. The first-order chi connectivity index (χ1) is 16.7. The Morgan fingerprint density at radius 1 is 1.15 bits per heavy atom. The average molecular weight is 455 g/mol. The number of methoxy groups -OCH3 is 1. The normalized spacial score (nSPS) is 13.0. The Balaban J connectivity index is 1.49. The summed E-state index contributed by atoms with van der Waals surface area (Å²) in [6.45, 7) is 3.11. The van der Waals surface area contributed by atoms with Crippen LogP contribution in [-0.4, -0.2) is 49.2 Å². The SMILES string of the molecule is CCN(Cc1ccncc1)C(=O)c1cnn(-c2nccc(-c3cccc(OC)c3)n2)c1C1CC1. The molecular weight excluding hydrogens is 428 g/mol. The summed E-state index contributed by atoms with van der Waals surface area (Å²) in [4.78, 5) is 28.7. The maximum Gasteiger partial charge on any atom is 0.257 e. The van der Waals surface area contributed by atoms with Crippen LogP contribution in [0.4, 0.5) is 0 Å². The lowest BCUT2D eigenvalue weighted by Crippen LogP contribution is -2.31. The molecule has 1 aliphatic carbocycles. The fraction of sp³-hybridized carbons (Fsp3) is 0.269. The Kier molecular flexibility index (Phi) is 6.03. The Morgan fingerprint density at radius 3 is 2.71 bits per heavy atom. The summed E-state index contributed by atoms with van der Waals surface area (Å²) in [6, 6.07) is 13.5. The summed E-state index contributed by atoms with van der Waals surface area (Å²) >= 11 is 0. The molecule has 1 aliphatic rings. The zero-order valence-corrected chi connectivity index (χ0v) is 19.3. The smallest absolute Gasteiger partial charge is 0.257 e.